The van der Waals surface area contributed by atoms with Gasteiger partial charge in [-0.25, -0.2) is 15.0 Å². The van der Waals surface area contributed by atoms with E-state index in [9.17, 15) is 0 Å². The third-order valence-electron chi connectivity index (χ3n) is 8.50. The lowest BCUT2D eigenvalue weighted by Gasteiger charge is -2.11. The molecule has 9 aromatic rings. The van der Waals surface area contributed by atoms with E-state index in [1.165, 1.54) is 16.2 Å². The fraction of sp³-hybridized carbons (Fsp3) is 0. The molecule has 210 valence electrons. The molecular formula is C41H25N3O. The fourth-order valence-electron chi connectivity index (χ4n) is 6.32. The van der Waals surface area contributed by atoms with Crippen molar-refractivity contribution in [1.29, 1.82) is 0 Å². The molecular weight excluding hydrogens is 550 g/mol. The van der Waals surface area contributed by atoms with Crippen LogP contribution >= 0.6 is 0 Å². The summed E-state index contributed by atoms with van der Waals surface area (Å²) in [4.78, 5) is 15.2. The molecule has 2 aromatic heterocycles. The zero-order valence-electron chi connectivity index (χ0n) is 24.2. The molecule has 0 bridgehead atoms. The van der Waals surface area contributed by atoms with Gasteiger partial charge in [0, 0.05) is 27.5 Å². The van der Waals surface area contributed by atoms with Crippen LogP contribution < -0.4 is 0 Å². The minimum atomic E-state index is 0.605. The predicted molar refractivity (Wildman–Crippen MR) is 184 cm³/mol. The number of fused-ring (bicyclic) bond motifs is 5. The molecule has 7 aromatic carbocycles. The number of furan rings is 1. The van der Waals surface area contributed by atoms with Crippen molar-refractivity contribution in [2.45, 2.75) is 0 Å². The Labute approximate surface area is 259 Å². The van der Waals surface area contributed by atoms with Gasteiger partial charge in [-0.3, -0.25) is 0 Å². The number of hydrogen-bond acceptors (Lipinski definition) is 4. The molecule has 0 aliphatic carbocycles. The van der Waals surface area contributed by atoms with E-state index in [-0.39, 0.29) is 0 Å². The quantitative estimate of drug-likeness (QED) is 0.209. The van der Waals surface area contributed by atoms with Crippen LogP contribution in [-0.4, -0.2) is 15.0 Å². The third-order valence-corrected chi connectivity index (χ3v) is 8.50. The summed E-state index contributed by atoms with van der Waals surface area (Å²) in [6, 6.07) is 52.2. The molecule has 0 fully saturated rings. The van der Waals surface area contributed by atoms with Crippen molar-refractivity contribution in [2.75, 3.05) is 0 Å². The van der Waals surface area contributed by atoms with E-state index in [0.717, 1.165) is 55.1 Å². The van der Waals surface area contributed by atoms with Gasteiger partial charge < -0.3 is 4.42 Å². The van der Waals surface area contributed by atoms with Gasteiger partial charge in [-0.15, -0.1) is 0 Å². The Bertz CT molecular complexity index is 2550. The molecule has 0 atom stereocenters. The van der Waals surface area contributed by atoms with E-state index >= 15 is 0 Å². The maximum Gasteiger partial charge on any atom is 0.164 e. The molecule has 0 aliphatic heterocycles. The molecule has 4 heteroatoms. The fourth-order valence-corrected chi connectivity index (χ4v) is 6.32. The topological polar surface area (TPSA) is 51.8 Å². The molecule has 45 heavy (non-hydrogen) atoms. The first-order valence-corrected chi connectivity index (χ1v) is 15.0. The Morgan fingerprint density at radius 3 is 1.53 bits per heavy atom. The van der Waals surface area contributed by atoms with Gasteiger partial charge in [0.1, 0.15) is 11.2 Å². The van der Waals surface area contributed by atoms with Crippen molar-refractivity contribution in [3.63, 3.8) is 0 Å². The number of nitrogens with zero attached hydrogens (tertiary/aromatic N) is 3. The third kappa shape index (κ3) is 4.35. The molecule has 0 saturated carbocycles. The van der Waals surface area contributed by atoms with Crippen molar-refractivity contribution in [2.24, 2.45) is 0 Å². The van der Waals surface area contributed by atoms with Crippen LogP contribution in [0.5, 0.6) is 0 Å². The van der Waals surface area contributed by atoms with E-state index in [4.69, 9.17) is 19.4 Å². The van der Waals surface area contributed by atoms with Crippen LogP contribution in [0, 0.1) is 0 Å². The monoisotopic (exact) mass is 575 g/mol. The highest BCUT2D eigenvalue weighted by Gasteiger charge is 2.20. The van der Waals surface area contributed by atoms with Crippen LogP contribution in [0.1, 0.15) is 0 Å². The maximum atomic E-state index is 6.47. The summed E-state index contributed by atoms with van der Waals surface area (Å²) < 4.78 is 6.47. The summed E-state index contributed by atoms with van der Waals surface area (Å²) >= 11 is 0. The zero-order chi connectivity index (χ0) is 29.7. The van der Waals surface area contributed by atoms with Crippen molar-refractivity contribution >= 4 is 43.5 Å². The Balaban J connectivity index is 1.31. The SMILES string of the molecule is c1ccc(-c2nc(-c3ccc4ccccc4c3)nc(-c3cccc4oc5cccc(-c6ccc7ccccc7c6)c5c34)n2)cc1. The molecule has 0 unspecified atom stereocenters. The second-order valence-corrected chi connectivity index (χ2v) is 11.3. The van der Waals surface area contributed by atoms with Gasteiger partial charge >= 0.3 is 0 Å². The first-order chi connectivity index (χ1) is 22.3. The minimum Gasteiger partial charge on any atom is -0.456 e. The second kappa shape index (κ2) is 10.2. The normalized spacial score (nSPS) is 11.6. The van der Waals surface area contributed by atoms with Crippen molar-refractivity contribution in [3.8, 4) is 45.3 Å². The van der Waals surface area contributed by atoms with E-state index in [2.05, 4.69) is 103 Å². The molecule has 0 N–H and O–H groups in total. The molecule has 0 spiro atoms. The lowest BCUT2D eigenvalue weighted by atomic mass is 9.95. The standard InChI is InChI=1S/C41H25N3O/c1-2-12-28(13-3-1)39-42-40(32-23-21-27-11-5-7-15-30(27)25-32)44-41(43-39)34-17-9-19-36-38(34)37-33(16-8-18-35(37)45-36)31-22-20-26-10-4-6-14-29(26)24-31/h1-25H. The van der Waals surface area contributed by atoms with Gasteiger partial charge in [0.05, 0.1) is 0 Å². The van der Waals surface area contributed by atoms with Crippen molar-refractivity contribution in [3.05, 3.63) is 152 Å². The summed E-state index contributed by atoms with van der Waals surface area (Å²) in [7, 11) is 0. The average Bonchev–Trinajstić information content (AvgIpc) is 3.51. The Morgan fingerprint density at radius 1 is 0.333 bits per heavy atom. The maximum absolute atomic E-state index is 6.47. The van der Waals surface area contributed by atoms with Crippen LogP contribution in [-0.2, 0) is 0 Å². The van der Waals surface area contributed by atoms with Crippen LogP contribution in [0.2, 0.25) is 0 Å². The highest BCUT2D eigenvalue weighted by atomic mass is 16.3. The van der Waals surface area contributed by atoms with Gasteiger partial charge in [-0.05, 0) is 56.9 Å². The number of hydrogen-bond donors (Lipinski definition) is 0. The van der Waals surface area contributed by atoms with Gasteiger partial charge in [0.2, 0.25) is 0 Å². The summed E-state index contributed by atoms with van der Waals surface area (Å²) in [5.74, 6) is 1.86. The van der Waals surface area contributed by atoms with E-state index in [1.54, 1.807) is 0 Å². The molecule has 0 saturated heterocycles. The van der Waals surface area contributed by atoms with Crippen LogP contribution in [0.25, 0.3) is 88.8 Å². The smallest absolute Gasteiger partial charge is 0.164 e. The minimum absolute atomic E-state index is 0.605. The van der Waals surface area contributed by atoms with Crippen LogP contribution in [0.3, 0.4) is 0 Å². The number of benzene rings is 7. The van der Waals surface area contributed by atoms with Crippen LogP contribution in [0.4, 0.5) is 0 Å². The molecule has 4 nitrogen and oxygen atoms in total. The summed E-state index contributed by atoms with van der Waals surface area (Å²) in [5, 5.41) is 6.77. The number of aromatic nitrogens is 3. The highest BCUT2D eigenvalue weighted by molar-refractivity contribution is 6.17. The Kier molecular flexibility index (Phi) is 5.78. The highest BCUT2D eigenvalue weighted by Crippen LogP contribution is 2.41. The second-order valence-electron chi connectivity index (χ2n) is 11.3. The predicted octanol–water partition coefficient (Wildman–Crippen LogP) is 10.7. The molecule has 0 aliphatic rings. The lowest BCUT2D eigenvalue weighted by Crippen LogP contribution is -2.00. The Morgan fingerprint density at radius 2 is 0.844 bits per heavy atom. The summed E-state index contributed by atoms with van der Waals surface area (Å²) in [6.45, 7) is 0. The molecule has 9 rings (SSSR count). The number of rotatable bonds is 4. The van der Waals surface area contributed by atoms with Crippen molar-refractivity contribution < 1.29 is 4.42 Å². The summed E-state index contributed by atoms with van der Waals surface area (Å²) in [5.41, 5.74) is 6.65. The van der Waals surface area contributed by atoms with Crippen LogP contribution in [0.15, 0.2) is 156 Å². The van der Waals surface area contributed by atoms with E-state index in [1.807, 2.05) is 48.5 Å². The van der Waals surface area contributed by atoms with E-state index in [0.29, 0.717) is 17.5 Å². The van der Waals surface area contributed by atoms with Gasteiger partial charge in [-0.1, -0.05) is 127 Å². The first-order valence-electron chi connectivity index (χ1n) is 15.0. The molecule has 2 heterocycles. The first kappa shape index (κ1) is 25.4. The van der Waals surface area contributed by atoms with Gasteiger partial charge in [0.25, 0.3) is 0 Å². The molecule has 0 radical (unpaired) electrons. The summed E-state index contributed by atoms with van der Waals surface area (Å²) in [6.07, 6.45) is 0. The van der Waals surface area contributed by atoms with E-state index < -0.39 is 0 Å². The van der Waals surface area contributed by atoms with Gasteiger partial charge in [0.15, 0.2) is 17.5 Å². The van der Waals surface area contributed by atoms with Gasteiger partial charge in [-0.2, -0.15) is 0 Å². The van der Waals surface area contributed by atoms with Crippen molar-refractivity contribution in [1.82, 2.24) is 15.0 Å². The zero-order valence-corrected chi connectivity index (χ0v) is 24.2. The largest absolute Gasteiger partial charge is 0.456 e. The molecule has 0 amide bonds. The lowest BCUT2D eigenvalue weighted by molar-refractivity contribution is 0.669. The average molecular weight is 576 g/mol. The Hall–Kier alpha value is -6.13.